The van der Waals surface area contributed by atoms with Gasteiger partial charge < -0.3 is 0 Å². The highest BCUT2D eigenvalue weighted by atomic mass is 32.1. The standard InChI is InChI=1S/C26H18S/c1-2-8-20(9-3-1)24-15-14-23(18-25(24)26-11-6-16-27-26)22-13-12-19-7-4-5-10-21(19)17-22/h1-18H. The lowest BCUT2D eigenvalue weighted by molar-refractivity contribution is 1.60. The predicted molar refractivity (Wildman–Crippen MR) is 118 cm³/mol. The summed E-state index contributed by atoms with van der Waals surface area (Å²) in [5.41, 5.74) is 6.34. The highest BCUT2D eigenvalue weighted by Gasteiger charge is 2.11. The van der Waals surface area contributed by atoms with E-state index < -0.39 is 0 Å². The number of hydrogen-bond acceptors (Lipinski definition) is 1. The summed E-state index contributed by atoms with van der Waals surface area (Å²) in [7, 11) is 0. The number of rotatable bonds is 3. The Morgan fingerprint density at radius 2 is 1.19 bits per heavy atom. The smallest absolute Gasteiger partial charge is 0.0349 e. The Hall–Kier alpha value is -3.16. The van der Waals surface area contributed by atoms with E-state index >= 15 is 0 Å². The molecule has 0 fully saturated rings. The van der Waals surface area contributed by atoms with Gasteiger partial charge in [0.05, 0.1) is 0 Å². The van der Waals surface area contributed by atoms with Crippen LogP contribution in [-0.2, 0) is 0 Å². The van der Waals surface area contributed by atoms with Crippen LogP contribution in [0.2, 0.25) is 0 Å². The molecule has 0 amide bonds. The Balaban J connectivity index is 1.69. The maximum Gasteiger partial charge on any atom is 0.0349 e. The molecule has 4 aromatic carbocycles. The molecule has 0 atom stereocenters. The summed E-state index contributed by atoms with van der Waals surface area (Å²) in [4.78, 5) is 1.30. The molecule has 0 aliphatic carbocycles. The van der Waals surface area contributed by atoms with Crippen molar-refractivity contribution in [2.24, 2.45) is 0 Å². The number of benzene rings is 4. The van der Waals surface area contributed by atoms with Crippen LogP contribution in [0.25, 0.3) is 43.5 Å². The molecular formula is C26H18S. The normalized spacial score (nSPS) is 11.0. The molecule has 1 aromatic heterocycles. The van der Waals surface area contributed by atoms with Crippen LogP contribution >= 0.6 is 11.3 Å². The van der Waals surface area contributed by atoms with Crippen molar-refractivity contribution in [3.63, 3.8) is 0 Å². The van der Waals surface area contributed by atoms with Gasteiger partial charge in [-0.25, -0.2) is 0 Å². The molecule has 0 spiro atoms. The van der Waals surface area contributed by atoms with E-state index in [1.807, 2.05) is 0 Å². The predicted octanol–water partition coefficient (Wildman–Crippen LogP) is 7.90. The molecule has 0 N–H and O–H groups in total. The molecule has 0 saturated heterocycles. The van der Waals surface area contributed by atoms with Gasteiger partial charge in [0.25, 0.3) is 0 Å². The van der Waals surface area contributed by atoms with Gasteiger partial charge >= 0.3 is 0 Å². The summed E-state index contributed by atoms with van der Waals surface area (Å²) in [6.07, 6.45) is 0. The van der Waals surface area contributed by atoms with Crippen molar-refractivity contribution in [1.82, 2.24) is 0 Å². The van der Waals surface area contributed by atoms with Crippen molar-refractivity contribution < 1.29 is 0 Å². The zero-order chi connectivity index (χ0) is 18.1. The van der Waals surface area contributed by atoms with Crippen molar-refractivity contribution >= 4 is 22.1 Å². The van der Waals surface area contributed by atoms with Gasteiger partial charge in [0, 0.05) is 10.4 Å². The highest BCUT2D eigenvalue weighted by molar-refractivity contribution is 7.13. The lowest BCUT2D eigenvalue weighted by atomic mass is 9.93. The van der Waals surface area contributed by atoms with Crippen LogP contribution in [0.4, 0.5) is 0 Å². The molecule has 0 unspecified atom stereocenters. The number of fused-ring (bicyclic) bond motifs is 1. The summed E-state index contributed by atoms with van der Waals surface area (Å²) < 4.78 is 0. The molecule has 1 heterocycles. The maximum absolute atomic E-state index is 2.33. The quantitative estimate of drug-likeness (QED) is 0.306. The molecule has 0 nitrogen and oxygen atoms in total. The van der Waals surface area contributed by atoms with Gasteiger partial charge in [0.1, 0.15) is 0 Å². The van der Waals surface area contributed by atoms with Crippen LogP contribution in [0.5, 0.6) is 0 Å². The van der Waals surface area contributed by atoms with Crippen LogP contribution < -0.4 is 0 Å². The SMILES string of the molecule is c1ccc(-c2ccc(-c3ccc4ccccc4c3)cc2-c2cccs2)cc1. The van der Waals surface area contributed by atoms with Crippen molar-refractivity contribution in [1.29, 1.82) is 0 Å². The molecule has 0 aliphatic heterocycles. The van der Waals surface area contributed by atoms with Crippen LogP contribution in [0.1, 0.15) is 0 Å². The van der Waals surface area contributed by atoms with Crippen molar-refractivity contribution in [3.8, 4) is 32.7 Å². The minimum absolute atomic E-state index is 1.25. The molecule has 0 radical (unpaired) electrons. The second kappa shape index (κ2) is 6.86. The first kappa shape index (κ1) is 16.0. The Kier molecular flexibility index (Phi) is 4.08. The fraction of sp³-hybridized carbons (Fsp3) is 0. The zero-order valence-electron chi connectivity index (χ0n) is 14.8. The first-order chi connectivity index (χ1) is 13.4. The van der Waals surface area contributed by atoms with E-state index in [0.717, 1.165) is 0 Å². The Morgan fingerprint density at radius 1 is 0.444 bits per heavy atom. The molecule has 0 saturated carbocycles. The minimum Gasteiger partial charge on any atom is -0.144 e. The average Bonchev–Trinajstić information content (AvgIpc) is 3.28. The summed E-state index contributed by atoms with van der Waals surface area (Å²) in [6, 6.07) is 37.0. The Morgan fingerprint density at radius 3 is 2.00 bits per heavy atom. The third kappa shape index (κ3) is 3.07. The first-order valence-electron chi connectivity index (χ1n) is 9.11. The molecule has 5 aromatic rings. The van der Waals surface area contributed by atoms with Crippen LogP contribution in [-0.4, -0.2) is 0 Å². The number of hydrogen-bond donors (Lipinski definition) is 0. The molecule has 1 heteroatoms. The van der Waals surface area contributed by atoms with Crippen LogP contribution in [0.15, 0.2) is 109 Å². The van der Waals surface area contributed by atoms with E-state index in [4.69, 9.17) is 0 Å². The van der Waals surface area contributed by atoms with Crippen molar-refractivity contribution in [2.45, 2.75) is 0 Å². The van der Waals surface area contributed by atoms with Gasteiger partial charge in [0.2, 0.25) is 0 Å². The first-order valence-corrected chi connectivity index (χ1v) is 9.99. The highest BCUT2D eigenvalue weighted by Crippen LogP contribution is 2.38. The average molecular weight is 362 g/mol. The summed E-state index contributed by atoms with van der Waals surface area (Å²) >= 11 is 1.79. The van der Waals surface area contributed by atoms with Crippen molar-refractivity contribution in [2.75, 3.05) is 0 Å². The molecule has 5 rings (SSSR count). The van der Waals surface area contributed by atoms with Gasteiger partial charge in [-0.1, -0.05) is 84.9 Å². The topological polar surface area (TPSA) is 0 Å². The fourth-order valence-corrected chi connectivity index (χ4v) is 4.35. The van der Waals surface area contributed by atoms with Gasteiger partial charge in [-0.3, -0.25) is 0 Å². The third-order valence-electron chi connectivity index (χ3n) is 4.97. The largest absolute Gasteiger partial charge is 0.144 e. The zero-order valence-corrected chi connectivity index (χ0v) is 15.6. The van der Waals surface area contributed by atoms with Crippen molar-refractivity contribution in [3.05, 3.63) is 109 Å². The van der Waals surface area contributed by atoms with E-state index in [0.29, 0.717) is 0 Å². The molecule has 0 aliphatic rings. The summed E-state index contributed by atoms with van der Waals surface area (Å²) in [5.74, 6) is 0. The van der Waals surface area contributed by atoms with Gasteiger partial charge in [-0.05, 0) is 56.6 Å². The summed E-state index contributed by atoms with van der Waals surface area (Å²) in [5, 5.41) is 4.70. The van der Waals surface area contributed by atoms with E-state index in [1.54, 1.807) is 11.3 Å². The third-order valence-corrected chi connectivity index (χ3v) is 5.88. The van der Waals surface area contributed by atoms with E-state index in [9.17, 15) is 0 Å². The maximum atomic E-state index is 2.33. The van der Waals surface area contributed by atoms with Crippen LogP contribution in [0.3, 0.4) is 0 Å². The Labute approximate surface area is 163 Å². The van der Waals surface area contributed by atoms with Gasteiger partial charge in [0.15, 0.2) is 0 Å². The molecule has 128 valence electrons. The Bertz CT molecular complexity index is 1200. The molecule has 0 bridgehead atoms. The molecule has 27 heavy (non-hydrogen) atoms. The second-order valence-electron chi connectivity index (χ2n) is 6.67. The van der Waals surface area contributed by atoms with Gasteiger partial charge in [-0.2, -0.15) is 0 Å². The minimum atomic E-state index is 1.25. The number of thiophene rings is 1. The summed E-state index contributed by atoms with van der Waals surface area (Å²) in [6.45, 7) is 0. The van der Waals surface area contributed by atoms with E-state index in [1.165, 1.54) is 43.5 Å². The lowest BCUT2D eigenvalue weighted by Gasteiger charge is -2.12. The fourth-order valence-electron chi connectivity index (χ4n) is 3.60. The van der Waals surface area contributed by atoms with Gasteiger partial charge in [-0.15, -0.1) is 11.3 Å². The van der Waals surface area contributed by atoms with E-state index in [-0.39, 0.29) is 0 Å². The van der Waals surface area contributed by atoms with Crippen LogP contribution in [0, 0.1) is 0 Å². The monoisotopic (exact) mass is 362 g/mol. The lowest BCUT2D eigenvalue weighted by Crippen LogP contribution is -1.86. The molecular weight excluding hydrogens is 344 g/mol. The van der Waals surface area contributed by atoms with E-state index in [2.05, 4.69) is 109 Å². The second-order valence-corrected chi connectivity index (χ2v) is 7.61.